The van der Waals surface area contributed by atoms with Crippen LogP contribution in [0.3, 0.4) is 0 Å². The summed E-state index contributed by atoms with van der Waals surface area (Å²) in [5.41, 5.74) is 0.604. The number of rotatable bonds is 5. The van der Waals surface area contributed by atoms with E-state index < -0.39 is 16.4 Å². The van der Waals surface area contributed by atoms with Crippen LogP contribution in [0.2, 0.25) is 0 Å². The van der Waals surface area contributed by atoms with Gasteiger partial charge in [-0.2, -0.15) is 11.8 Å². The molecule has 0 spiro atoms. The largest absolute Gasteiger partial charge is 0.388 e. The molecule has 0 aromatic heterocycles. The standard InChI is InChI=1S/C14H21NO2S2/c1-11(15-9-14(16)7-8-18-10-14)12-3-5-13(6-4-12)19(2)17/h3-6,11,15-16H,7-10H2,1-2H3. The zero-order valence-corrected chi connectivity index (χ0v) is 13.0. The molecule has 0 aliphatic carbocycles. The van der Waals surface area contributed by atoms with Crippen molar-refractivity contribution in [1.29, 1.82) is 0 Å². The summed E-state index contributed by atoms with van der Waals surface area (Å²) in [4.78, 5) is 0.849. The van der Waals surface area contributed by atoms with Gasteiger partial charge in [0.2, 0.25) is 0 Å². The molecule has 5 heteroatoms. The fourth-order valence-electron chi connectivity index (χ4n) is 2.14. The Morgan fingerprint density at radius 2 is 2.16 bits per heavy atom. The van der Waals surface area contributed by atoms with Crippen molar-refractivity contribution in [3.63, 3.8) is 0 Å². The maximum absolute atomic E-state index is 11.3. The lowest BCUT2D eigenvalue weighted by atomic mass is 10.0. The molecule has 0 amide bonds. The molecule has 106 valence electrons. The third-order valence-corrected chi connectivity index (χ3v) is 5.70. The summed E-state index contributed by atoms with van der Waals surface area (Å²) < 4.78 is 11.3. The minimum absolute atomic E-state index is 0.189. The zero-order valence-electron chi connectivity index (χ0n) is 11.4. The van der Waals surface area contributed by atoms with Crippen molar-refractivity contribution in [2.24, 2.45) is 0 Å². The third kappa shape index (κ3) is 4.05. The molecule has 1 heterocycles. The van der Waals surface area contributed by atoms with E-state index in [9.17, 15) is 9.32 Å². The van der Waals surface area contributed by atoms with Gasteiger partial charge in [-0.25, -0.2) is 0 Å². The average molecular weight is 299 g/mol. The highest BCUT2D eigenvalue weighted by molar-refractivity contribution is 7.99. The minimum atomic E-state index is -0.926. The van der Waals surface area contributed by atoms with Crippen molar-refractivity contribution in [3.05, 3.63) is 29.8 Å². The Hall–Kier alpha value is -0.360. The Labute approximate surface area is 121 Å². The van der Waals surface area contributed by atoms with Crippen molar-refractivity contribution in [2.45, 2.75) is 29.9 Å². The Kier molecular flexibility index (Phi) is 5.06. The van der Waals surface area contributed by atoms with Crippen molar-refractivity contribution < 1.29 is 9.32 Å². The number of hydrogen-bond acceptors (Lipinski definition) is 4. The first kappa shape index (κ1) is 15.0. The minimum Gasteiger partial charge on any atom is -0.388 e. The van der Waals surface area contributed by atoms with Gasteiger partial charge in [-0.3, -0.25) is 4.21 Å². The highest BCUT2D eigenvalue weighted by Crippen LogP contribution is 2.27. The van der Waals surface area contributed by atoms with E-state index in [1.165, 1.54) is 0 Å². The molecular formula is C14H21NO2S2. The van der Waals surface area contributed by atoms with Crippen molar-refractivity contribution >= 4 is 22.6 Å². The quantitative estimate of drug-likeness (QED) is 0.872. The van der Waals surface area contributed by atoms with Gasteiger partial charge in [-0.15, -0.1) is 0 Å². The van der Waals surface area contributed by atoms with E-state index in [1.54, 1.807) is 6.26 Å². The van der Waals surface area contributed by atoms with Gasteiger partial charge in [0.05, 0.1) is 5.60 Å². The molecule has 3 atom stereocenters. The molecule has 1 aromatic carbocycles. The maximum Gasteiger partial charge on any atom is 0.0869 e. The molecule has 1 aromatic rings. The van der Waals surface area contributed by atoms with Gasteiger partial charge in [0.15, 0.2) is 0 Å². The average Bonchev–Trinajstić information content (AvgIpc) is 2.83. The lowest BCUT2D eigenvalue weighted by Crippen LogP contribution is -2.41. The maximum atomic E-state index is 11.3. The van der Waals surface area contributed by atoms with Crippen LogP contribution in [0.4, 0.5) is 0 Å². The predicted molar refractivity (Wildman–Crippen MR) is 82.1 cm³/mol. The Bertz CT molecular complexity index is 441. The molecule has 1 fully saturated rings. The summed E-state index contributed by atoms with van der Waals surface area (Å²) in [6.07, 6.45) is 2.55. The van der Waals surface area contributed by atoms with Gasteiger partial charge in [0.25, 0.3) is 0 Å². The van der Waals surface area contributed by atoms with E-state index in [0.717, 1.165) is 28.4 Å². The van der Waals surface area contributed by atoms with Crippen LogP contribution in [-0.2, 0) is 10.8 Å². The van der Waals surface area contributed by atoms with Crippen molar-refractivity contribution in [3.8, 4) is 0 Å². The summed E-state index contributed by atoms with van der Waals surface area (Å²) in [7, 11) is -0.926. The molecule has 1 saturated heterocycles. The van der Waals surface area contributed by atoms with E-state index in [-0.39, 0.29) is 6.04 Å². The van der Waals surface area contributed by atoms with Gasteiger partial charge in [-0.1, -0.05) is 12.1 Å². The number of benzene rings is 1. The van der Waals surface area contributed by atoms with Crippen LogP contribution in [0.1, 0.15) is 24.9 Å². The monoisotopic (exact) mass is 299 g/mol. The lowest BCUT2D eigenvalue weighted by molar-refractivity contribution is 0.0651. The smallest absolute Gasteiger partial charge is 0.0869 e. The Morgan fingerprint density at radius 1 is 1.47 bits per heavy atom. The lowest BCUT2D eigenvalue weighted by Gasteiger charge is -2.24. The third-order valence-electron chi connectivity index (χ3n) is 3.53. The summed E-state index contributed by atoms with van der Waals surface area (Å²) in [6.45, 7) is 2.71. The highest BCUT2D eigenvalue weighted by atomic mass is 32.2. The van der Waals surface area contributed by atoms with Crippen LogP contribution >= 0.6 is 11.8 Å². The normalized spacial score (nSPS) is 26.3. The van der Waals surface area contributed by atoms with Gasteiger partial charge in [0, 0.05) is 40.3 Å². The van der Waals surface area contributed by atoms with Crippen LogP contribution in [0, 0.1) is 0 Å². The van der Waals surface area contributed by atoms with Crippen LogP contribution in [0.25, 0.3) is 0 Å². The Morgan fingerprint density at radius 3 is 2.68 bits per heavy atom. The Balaban J connectivity index is 1.92. The van der Waals surface area contributed by atoms with Crippen molar-refractivity contribution in [2.75, 3.05) is 24.3 Å². The van der Waals surface area contributed by atoms with Crippen LogP contribution < -0.4 is 5.32 Å². The molecule has 2 N–H and O–H groups in total. The van der Waals surface area contributed by atoms with E-state index in [0.29, 0.717) is 6.54 Å². The summed E-state index contributed by atoms with van der Waals surface area (Å²) in [6, 6.07) is 8.01. The molecule has 0 bridgehead atoms. The molecule has 0 radical (unpaired) electrons. The van der Waals surface area contributed by atoms with E-state index in [1.807, 2.05) is 36.0 Å². The molecule has 1 aliphatic heterocycles. The van der Waals surface area contributed by atoms with Gasteiger partial charge in [-0.05, 0) is 36.8 Å². The topological polar surface area (TPSA) is 49.3 Å². The second-order valence-electron chi connectivity index (χ2n) is 5.15. The SMILES string of the molecule is CC(NCC1(O)CCSC1)c1ccc(S(C)=O)cc1. The molecular weight excluding hydrogens is 278 g/mol. The fraction of sp³-hybridized carbons (Fsp3) is 0.571. The number of hydrogen-bond donors (Lipinski definition) is 2. The fourth-order valence-corrected chi connectivity index (χ4v) is 3.96. The van der Waals surface area contributed by atoms with E-state index in [2.05, 4.69) is 12.2 Å². The zero-order chi connectivity index (χ0) is 13.9. The molecule has 3 nitrogen and oxygen atoms in total. The van der Waals surface area contributed by atoms with Crippen LogP contribution in [-0.4, -0.2) is 39.2 Å². The second-order valence-corrected chi connectivity index (χ2v) is 7.64. The second kappa shape index (κ2) is 6.39. The number of thioether (sulfide) groups is 1. The van der Waals surface area contributed by atoms with Crippen LogP contribution in [0.5, 0.6) is 0 Å². The van der Waals surface area contributed by atoms with Gasteiger partial charge >= 0.3 is 0 Å². The van der Waals surface area contributed by atoms with Gasteiger partial charge < -0.3 is 10.4 Å². The first-order valence-corrected chi connectivity index (χ1v) is 9.18. The van der Waals surface area contributed by atoms with Crippen molar-refractivity contribution in [1.82, 2.24) is 5.32 Å². The molecule has 0 saturated carbocycles. The summed E-state index contributed by atoms with van der Waals surface area (Å²) in [5.74, 6) is 1.87. The van der Waals surface area contributed by atoms with E-state index >= 15 is 0 Å². The van der Waals surface area contributed by atoms with Crippen LogP contribution in [0.15, 0.2) is 29.2 Å². The number of nitrogens with one attached hydrogen (secondary N) is 1. The number of aliphatic hydroxyl groups is 1. The van der Waals surface area contributed by atoms with Gasteiger partial charge in [0.1, 0.15) is 0 Å². The first-order valence-electron chi connectivity index (χ1n) is 6.47. The molecule has 3 unspecified atom stereocenters. The first-order chi connectivity index (χ1) is 9.00. The summed E-state index contributed by atoms with van der Waals surface area (Å²) >= 11 is 1.81. The van der Waals surface area contributed by atoms with E-state index in [4.69, 9.17) is 0 Å². The summed E-state index contributed by atoms with van der Waals surface area (Å²) in [5, 5.41) is 13.7. The predicted octanol–water partition coefficient (Wildman–Crippen LogP) is 1.94. The molecule has 1 aliphatic rings. The molecule has 2 rings (SSSR count). The highest BCUT2D eigenvalue weighted by Gasteiger charge is 2.31. The molecule has 19 heavy (non-hydrogen) atoms.